The zero-order valence-corrected chi connectivity index (χ0v) is 12.2. The molecule has 0 aliphatic carbocycles. The van der Waals surface area contributed by atoms with Gasteiger partial charge in [0.25, 0.3) is 0 Å². The highest BCUT2D eigenvalue weighted by Gasteiger charge is 2.28. The third kappa shape index (κ3) is 2.37. The number of hydrogen-bond donors (Lipinski definition) is 0. The molecule has 0 fully saturated rings. The van der Waals surface area contributed by atoms with Crippen LogP contribution in [0, 0.1) is 0 Å². The molecule has 0 saturated carbocycles. The maximum atomic E-state index is 5.99. The van der Waals surface area contributed by atoms with Gasteiger partial charge in [-0.15, -0.1) is 11.6 Å². The van der Waals surface area contributed by atoms with E-state index in [2.05, 4.69) is 15.0 Å². The number of rotatable bonds is 5. The van der Waals surface area contributed by atoms with Gasteiger partial charge >= 0.3 is 0 Å². The quantitative estimate of drug-likeness (QED) is 0.786. The summed E-state index contributed by atoms with van der Waals surface area (Å²) in [6.45, 7) is 4.61. The van der Waals surface area contributed by atoms with Crippen molar-refractivity contribution in [2.45, 2.75) is 25.3 Å². The minimum Gasteiger partial charge on any atom is -0.479 e. The summed E-state index contributed by atoms with van der Waals surface area (Å²) >= 11 is 5.99. The zero-order chi connectivity index (χ0) is 14.0. The molecule has 19 heavy (non-hydrogen) atoms. The summed E-state index contributed by atoms with van der Waals surface area (Å²) in [6.07, 6.45) is 1.46. The highest BCUT2D eigenvalue weighted by molar-refractivity contribution is 6.16. The fourth-order valence-corrected chi connectivity index (χ4v) is 2.39. The van der Waals surface area contributed by atoms with Crippen molar-refractivity contribution >= 4 is 22.8 Å². The molecule has 0 N–H and O–H groups in total. The van der Waals surface area contributed by atoms with E-state index < -0.39 is 0 Å². The van der Waals surface area contributed by atoms with E-state index >= 15 is 0 Å². The average molecular weight is 285 g/mol. The van der Waals surface area contributed by atoms with E-state index in [-0.39, 0.29) is 11.4 Å². The van der Waals surface area contributed by atoms with E-state index in [1.807, 2.05) is 18.4 Å². The van der Waals surface area contributed by atoms with Crippen LogP contribution in [-0.2, 0) is 16.2 Å². The van der Waals surface area contributed by atoms with Gasteiger partial charge < -0.3 is 14.0 Å². The molecule has 0 aromatic carbocycles. The van der Waals surface area contributed by atoms with Crippen molar-refractivity contribution in [3.8, 4) is 5.88 Å². The molecule has 0 amide bonds. The number of methoxy groups -OCH3 is 2. The summed E-state index contributed by atoms with van der Waals surface area (Å²) in [7, 11) is 3.22. The number of ether oxygens (including phenoxy) is 2. The van der Waals surface area contributed by atoms with Gasteiger partial charge in [0.15, 0.2) is 11.2 Å². The number of halogens is 1. The molecule has 104 valence electrons. The van der Waals surface area contributed by atoms with Crippen molar-refractivity contribution < 1.29 is 9.47 Å². The first-order valence-electron chi connectivity index (χ1n) is 5.87. The molecule has 0 unspecified atom stereocenters. The Morgan fingerprint density at radius 2 is 2.05 bits per heavy atom. The second kappa shape index (κ2) is 5.30. The molecule has 2 heterocycles. The molecule has 0 atom stereocenters. The molecule has 0 saturated heterocycles. The summed E-state index contributed by atoms with van der Waals surface area (Å²) < 4.78 is 12.5. The van der Waals surface area contributed by atoms with Crippen LogP contribution in [0.5, 0.6) is 5.88 Å². The number of nitrogens with zero attached hydrogens (tertiary/aromatic N) is 4. The maximum Gasteiger partial charge on any atom is 0.245 e. The molecule has 0 bridgehead atoms. The predicted octanol–water partition coefficient (Wildman–Crippen LogP) is 1.96. The Labute approximate surface area is 116 Å². The number of fused-ring (bicyclic) bond motifs is 1. The van der Waals surface area contributed by atoms with Gasteiger partial charge in [-0.1, -0.05) is 0 Å². The van der Waals surface area contributed by atoms with Crippen LogP contribution in [0.1, 0.15) is 19.7 Å². The second-order valence-corrected chi connectivity index (χ2v) is 5.06. The smallest absolute Gasteiger partial charge is 0.245 e. The molecule has 0 aliphatic heterocycles. The van der Waals surface area contributed by atoms with Crippen LogP contribution >= 0.6 is 11.6 Å². The Kier molecular flexibility index (Phi) is 3.91. The van der Waals surface area contributed by atoms with Crippen LogP contribution in [0.25, 0.3) is 11.2 Å². The number of imidazole rings is 1. The van der Waals surface area contributed by atoms with E-state index in [1.54, 1.807) is 14.2 Å². The minimum absolute atomic E-state index is 0.284. The molecule has 0 radical (unpaired) electrons. The van der Waals surface area contributed by atoms with E-state index in [0.717, 1.165) is 5.82 Å². The molecule has 6 nitrogen and oxygen atoms in total. The summed E-state index contributed by atoms with van der Waals surface area (Å²) in [5.41, 5.74) is 1.00. The number of hydrogen-bond acceptors (Lipinski definition) is 5. The van der Waals surface area contributed by atoms with Gasteiger partial charge in [0.2, 0.25) is 5.88 Å². The number of alkyl halides is 1. The molecule has 2 aromatic rings. The van der Waals surface area contributed by atoms with E-state index in [4.69, 9.17) is 21.1 Å². The Morgan fingerprint density at radius 1 is 1.32 bits per heavy atom. The van der Waals surface area contributed by atoms with E-state index in [9.17, 15) is 0 Å². The van der Waals surface area contributed by atoms with Crippen molar-refractivity contribution in [3.05, 3.63) is 12.2 Å². The van der Waals surface area contributed by atoms with Gasteiger partial charge in [-0.3, -0.25) is 0 Å². The van der Waals surface area contributed by atoms with Crippen LogP contribution < -0.4 is 4.74 Å². The van der Waals surface area contributed by atoms with Gasteiger partial charge in [0.1, 0.15) is 12.2 Å². The SMILES string of the molecule is COCC(C)(C)n1c(CCl)nc2c(OC)ncnc21. The van der Waals surface area contributed by atoms with Gasteiger partial charge in [0.05, 0.1) is 25.1 Å². The number of aromatic nitrogens is 4. The standard InChI is InChI=1S/C12H17ClN4O2/c1-12(2,6-18-3)17-8(5-13)16-9-10(17)14-7-15-11(9)19-4/h7H,5-6H2,1-4H3. The molecular formula is C12H17ClN4O2. The lowest BCUT2D eigenvalue weighted by Crippen LogP contribution is -2.33. The lowest BCUT2D eigenvalue weighted by molar-refractivity contribution is 0.110. The van der Waals surface area contributed by atoms with Crippen LogP contribution in [-0.4, -0.2) is 40.3 Å². The first-order chi connectivity index (χ1) is 9.05. The van der Waals surface area contributed by atoms with E-state index in [1.165, 1.54) is 6.33 Å². The molecule has 2 rings (SSSR count). The van der Waals surface area contributed by atoms with Crippen molar-refractivity contribution in [1.82, 2.24) is 19.5 Å². The topological polar surface area (TPSA) is 62.1 Å². The Balaban J connectivity index is 2.71. The highest BCUT2D eigenvalue weighted by atomic mass is 35.5. The molecular weight excluding hydrogens is 268 g/mol. The van der Waals surface area contributed by atoms with Crippen LogP contribution in [0.2, 0.25) is 0 Å². The van der Waals surface area contributed by atoms with Crippen molar-refractivity contribution in [1.29, 1.82) is 0 Å². The summed E-state index contributed by atoms with van der Waals surface area (Å²) in [6, 6.07) is 0. The lowest BCUT2D eigenvalue weighted by Gasteiger charge is -2.27. The third-order valence-corrected chi connectivity index (χ3v) is 3.13. The fraction of sp³-hybridized carbons (Fsp3) is 0.583. The average Bonchev–Trinajstić information content (AvgIpc) is 2.77. The predicted molar refractivity (Wildman–Crippen MR) is 72.6 cm³/mol. The second-order valence-electron chi connectivity index (χ2n) is 4.80. The first-order valence-corrected chi connectivity index (χ1v) is 6.40. The minimum atomic E-state index is -0.312. The van der Waals surface area contributed by atoms with Gasteiger partial charge in [-0.2, -0.15) is 4.98 Å². The maximum absolute atomic E-state index is 5.99. The molecule has 7 heteroatoms. The summed E-state index contributed by atoms with van der Waals surface area (Å²) in [5, 5.41) is 0. The monoisotopic (exact) mass is 284 g/mol. The van der Waals surface area contributed by atoms with Crippen molar-refractivity contribution in [2.75, 3.05) is 20.8 Å². The molecule has 0 spiro atoms. The van der Waals surface area contributed by atoms with Crippen molar-refractivity contribution in [3.63, 3.8) is 0 Å². The normalized spacial score (nSPS) is 12.1. The van der Waals surface area contributed by atoms with Crippen LogP contribution in [0.4, 0.5) is 0 Å². The van der Waals surface area contributed by atoms with Gasteiger partial charge in [-0.05, 0) is 13.8 Å². The van der Waals surface area contributed by atoms with Crippen LogP contribution in [0.3, 0.4) is 0 Å². The zero-order valence-electron chi connectivity index (χ0n) is 11.5. The molecule has 0 aliphatic rings. The van der Waals surface area contributed by atoms with Gasteiger partial charge in [-0.25, -0.2) is 9.97 Å². The van der Waals surface area contributed by atoms with Crippen molar-refractivity contribution in [2.24, 2.45) is 0 Å². The van der Waals surface area contributed by atoms with Gasteiger partial charge in [0, 0.05) is 7.11 Å². The Hall–Kier alpha value is -1.40. The lowest BCUT2D eigenvalue weighted by atomic mass is 10.1. The first kappa shape index (κ1) is 14.0. The van der Waals surface area contributed by atoms with Crippen LogP contribution in [0.15, 0.2) is 6.33 Å². The molecule has 2 aromatic heterocycles. The Bertz CT molecular complexity index is 582. The highest BCUT2D eigenvalue weighted by Crippen LogP contribution is 2.28. The summed E-state index contributed by atoms with van der Waals surface area (Å²) in [5.74, 6) is 1.45. The fourth-order valence-electron chi connectivity index (χ4n) is 2.21. The largest absolute Gasteiger partial charge is 0.479 e. The summed E-state index contributed by atoms with van der Waals surface area (Å²) in [4.78, 5) is 12.8. The third-order valence-electron chi connectivity index (χ3n) is 2.90. The Morgan fingerprint density at radius 3 is 2.63 bits per heavy atom. The van der Waals surface area contributed by atoms with E-state index in [0.29, 0.717) is 23.7 Å².